The summed E-state index contributed by atoms with van der Waals surface area (Å²) in [5.74, 6) is 3.42. The molecule has 0 aromatic heterocycles. The highest BCUT2D eigenvalue weighted by Crippen LogP contribution is 2.49. The first-order chi connectivity index (χ1) is 8.05. The van der Waals surface area contributed by atoms with Gasteiger partial charge in [-0.15, -0.1) is 0 Å². The van der Waals surface area contributed by atoms with E-state index in [0.717, 1.165) is 30.5 Å². The Kier molecular flexibility index (Phi) is 6.18. The largest absolute Gasteiger partial charge is 0.328 e. The molecule has 3 aliphatic carbocycles. The number of carbonyl (C=O) groups is 1. The molecule has 2 nitrogen and oxygen atoms in total. The van der Waals surface area contributed by atoms with E-state index < -0.39 is 0 Å². The lowest BCUT2D eigenvalue weighted by atomic mass is 9.60. The average Bonchev–Trinajstić information content (AvgIpc) is 2.27. The lowest BCUT2D eigenvalue weighted by Crippen LogP contribution is -2.36. The molecule has 2 N–H and O–H groups in total. The van der Waals surface area contributed by atoms with Crippen LogP contribution in [0.5, 0.6) is 0 Å². The molecule has 0 heterocycles. The van der Waals surface area contributed by atoms with Gasteiger partial charge in [-0.3, -0.25) is 0 Å². The van der Waals surface area contributed by atoms with E-state index in [-0.39, 0.29) is 5.92 Å². The summed E-state index contributed by atoms with van der Waals surface area (Å²) in [7, 11) is 0. The maximum Gasteiger partial charge on any atom is 0.122 e. The second kappa shape index (κ2) is 7.15. The minimum atomic E-state index is 0.255. The van der Waals surface area contributed by atoms with E-state index in [0.29, 0.717) is 6.04 Å². The molecule has 0 spiro atoms. The molecule has 100 valence electrons. The van der Waals surface area contributed by atoms with Crippen molar-refractivity contribution in [3.63, 3.8) is 0 Å². The fourth-order valence-electron chi connectivity index (χ4n) is 3.11. The lowest BCUT2D eigenvalue weighted by molar-refractivity contribution is -0.110. The molecule has 3 fully saturated rings. The Hall–Kier alpha value is -0.370. The number of nitrogens with two attached hydrogens (primary N) is 1. The average molecular weight is 239 g/mol. The van der Waals surface area contributed by atoms with Crippen molar-refractivity contribution in [2.75, 3.05) is 0 Å². The van der Waals surface area contributed by atoms with Gasteiger partial charge < -0.3 is 10.5 Å². The summed E-state index contributed by atoms with van der Waals surface area (Å²) in [6.07, 6.45) is 9.25. The third-order valence-electron chi connectivity index (χ3n) is 4.25. The molecule has 3 saturated carbocycles. The van der Waals surface area contributed by atoms with E-state index >= 15 is 0 Å². The van der Waals surface area contributed by atoms with Crippen LogP contribution in [-0.2, 0) is 4.79 Å². The van der Waals surface area contributed by atoms with E-state index in [4.69, 9.17) is 5.73 Å². The first kappa shape index (κ1) is 14.7. The molecule has 0 aliphatic heterocycles. The second-order valence-corrected chi connectivity index (χ2v) is 6.28. The molecule has 0 aromatic rings. The Morgan fingerprint density at radius 2 is 1.71 bits per heavy atom. The highest BCUT2D eigenvalue weighted by atomic mass is 16.1. The van der Waals surface area contributed by atoms with Crippen LogP contribution in [0.4, 0.5) is 0 Å². The van der Waals surface area contributed by atoms with Crippen molar-refractivity contribution >= 4 is 6.29 Å². The van der Waals surface area contributed by atoms with Crippen LogP contribution in [0.1, 0.15) is 59.3 Å². The van der Waals surface area contributed by atoms with Gasteiger partial charge in [0.05, 0.1) is 0 Å². The summed E-state index contributed by atoms with van der Waals surface area (Å²) in [6.45, 7) is 6.05. The van der Waals surface area contributed by atoms with Crippen LogP contribution in [0, 0.1) is 23.7 Å². The zero-order valence-electron chi connectivity index (χ0n) is 11.7. The summed E-state index contributed by atoms with van der Waals surface area (Å²) >= 11 is 0. The third-order valence-corrected chi connectivity index (χ3v) is 4.25. The predicted molar refractivity (Wildman–Crippen MR) is 72.7 cm³/mol. The van der Waals surface area contributed by atoms with Crippen LogP contribution in [0.15, 0.2) is 0 Å². The minimum absolute atomic E-state index is 0.255. The van der Waals surface area contributed by atoms with Gasteiger partial charge in [0.1, 0.15) is 6.29 Å². The Labute approximate surface area is 106 Å². The monoisotopic (exact) mass is 239 g/mol. The molecule has 0 radical (unpaired) electrons. The molecular formula is C15H29NO. The summed E-state index contributed by atoms with van der Waals surface area (Å²) in [5.41, 5.74) is 5.78. The van der Waals surface area contributed by atoms with Gasteiger partial charge in [0.15, 0.2) is 0 Å². The van der Waals surface area contributed by atoms with Crippen LogP contribution in [-0.4, -0.2) is 12.3 Å². The fourth-order valence-corrected chi connectivity index (χ4v) is 3.11. The van der Waals surface area contributed by atoms with Gasteiger partial charge in [-0.2, -0.15) is 0 Å². The quantitative estimate of drug-likeness (QED) is 0.764. The van der Waals surface area contributed by atoms with Gasteiger partial charge in [0.25, 0.3) is 0 Å². The van der Waals surface area contributed by atoms with Crippen molar-refractivity contribution in [1.29, 1.82) is 0 Å². The van der Waals surface area contributed by atoms with Crippen molar-refractivity contribution in [3.05, 3.63) is 0 Å². The Morgan fingerprint density at radius 1 is 1.18 bits per heavy atom. The molecule has 2 bridgehead atoms. The van der Waals surface area contributed by atoms with Crippen LogP contribution in [0.3, 0.4) is 0 Å². The van der Waals surface area contributed by atoms with Gasteiger partial charge >= 0.3 is 0 Å². The maximum absolute atomic E-state index is 9.74. The third kappa shape index (κ3) is 5.20. The molecule has 0 amide bonds. The standard InChI is InChI=1S/C10H19N.C5H10O/c1-7(11)2-8-3-9-5-10(4-8)6-9;1-3-5(2)4-6/h7-10H,2-6,11H2,1H3;4-5H,3H2,1-2H3. The highest BCUT2D eigenvalue weighted by Gasteiger charge is 2.37. The molecule has 2 unspecified atom stereocenters. The number of rotatable bonds is 4. The normalized spacial score (nSPS) is 33.8. The molecule has 2 atom stereocenters. The minimum Gasteiger partial charge on any atom is -0.328 e. The summed E-state index contributed by atoms with van der Waals surface area (Å²) in [5, 5.41) is 0. The Morgan fingerprint density at radius 3 is 2.00 bits per heavy atom. The molecule has 2 heteroatoms. The van der Waals surface area contributed by atoms with Gasteiger partial charge in [-0.05, 0) is 63.2 Å². The Balaban J connectivity index is 0.000000209. The van der Waals surface area contributed by atoms with E-state index in [1.807, 2.05) is 13.8 Å². The predicted octanol–water partition coefficient (Wildman–Crippen LogP) is 3.39. The van der Waals surface area contributed by atoms with Crippen molar-refractivity contribution in [2.24, 2.45) is 29.4 Å². The summed E-state index contributed by atoms with van der Waals surface area (Å²) < 4.78 is 0. The SMILES string of the molecule is CC(N)CC1CC2CC(C1)C2.CCC(C)C=O. The first-order valence-electron chi connectivity index (χ1n) is 7.25. The number of hydrogen-bond donors (Lipinski definition) is 1. The smallest absolute Gasteiger partial charge is 0.122 e. The molecule has 17 heavy (non-hydrogen) atoms. The zero-order valence-corrected chi connectivity index (χ0v) is 11.7. The lowest BCUT2D eigenvalue weighted by Gasteiger charge is -2.45. The van der Waals surface area contributed by atoms with E-state index in [1.165, 1.54) is 32.1 Å². The van der Waals surface area contributed by atoms with Crippen molar-refractivity contribution < 1.29 is 4.79 Å². The molecule has 3 aliphatic rings. The molecule has 3 rings (SSSR count). The summed E-state index contributed by atoms with van der Waals surface area (Å²) in [4.78, 5) is 9.74. The topological polar surface area (TPSA) is 43.1 Å². The van der Waals surface area contributed by atoms with Crippen LogP contribution >= 0.6 is 0 Å². The van der Waals surface area contributed by atoms with Gasteiger partial charge in [0.2, 0.25) is 0 Å². The molecule has 0 aromatic carbocycles. The number of fused-ring (bicyclic) bond motifs is 2. The number of carbonyl (C=O) groups excluding carboxylic acids is 1. The van der Waals surface area contributed by atoms with E-state index in [1.54, 1.807) is 0 Å². The maximum atomic E-state index is 9.74. The van der Waals surface area contributed by atoms with Crippen LogP contribution in [0.25, 0.3) is 0 Å². The Bertz CT molecular complexity index is 208. The van der Waals surface area contributed by atoms with Crippen molar-refractivity contribution in [2.45, 2.75) is 65.3 Å². The zero-order chi connectivity index (χ0) is 12.8. The number of hydrogen-bond acceptors (Lipinski definition) is 2. The van der Waals surface area contributed by atoms with Gasteiger partial charge in [-0.25, -0.2) is 0 Å². The van der Waals surface area contributed by atoms with E-state index in [9.17, 15) is 4.79 Å². The molecular weight excluding hydrogens is 210 g/mol. The highest BCUT2D eigenvalue weighted by molar-refractivity contribution is 5.52. The second-order valence-electron chi connectivity index (χ2n) is 6.28. The first-order valence-corrected chi connectivity index (χ1v) is 7.25. The van der Waals surface area contributed by atoms with E-state index in [2.05, 4.69) is 6.92 Å². The van der Waals surface area contributed by atoms with Gasteiger partial charge in [-0.1, -0.05) is 13.8 Å². The molecule has 0 saturated heterocycles. The van der Waals surface area contributed by atoms with Crippen molar-refractivity contribution in [3.8, 4) is 0 Å². The van der Waals surface area contributed by atoms with Crippen LogP contribution < -0.4 is 5.73 Å². The van der Waals surface area contributed by atoms with Gasteiger partial charge in [0, 0.05) is 12.0 Å². The van der Waals surface area contributed by atoms with Crippen LogP contribution in [0.2, 0.25) is 0 Å². The van der Waals surface area contributed by atoms with Crippen molar-refractivity contribution in [1.82, 2.24) is 0 Å². The number of aldehydes is 1. The summed E-state index contributed by atoms with van der Waals surface area (Å²) in [6, 6.07) is 0.428. The fraction of sp³-hybridized carbons (Fsp3) is 0.933.